The molecule has 0 aliphatic carbocycles. The van der Waals surface area contributed by atoms with Crippen LogP contribution in [0.15, 0.2) is 10.2 Å². The zero-order valence-electron chi connectivity index (χ0n) is 10.7. The standard InChI is InChI=1S/C11H18N4O/c1-7-8(12-14-10(2,3)4)9-15(13-7)11(5,6)16-9/h1-6H3. The van der Waals surface area contributed by atoms with E-state index in [1.165, 1.54) is 0 Å². The average molecular weight is 222 g/mol. The third-order valence-electron chi connectivity index (χ3n) is 2.29. The summed E-state index contributed by atoms with van der Waals surface area (Å²) in [7, 11) is 0. The molecule has 1 aromatic rings. The zero-order valence-corrected chi connectivity index (χ0v) is 10.7. The predicted molar refractivity (Wildman–Crippen MR) is 61.2 cm³/mol. The van der Waals surface area contributed by atoms with Crippen molar-refractivity contribution in [3.8, 4) is 5.88 Å². The van der Waals surface area contributed by atoms with Crippen LogP contribution < -0.4 is 4.74 Å². The third kappa shape index (κ3) is 1.70. The molecule has 0 spiro atoms. The quantitative estimate of drug-likeness (QED) is 0.685. The zero-order chi connectivity index (χ0) is 12.1. The molecule has 0 N–H and O–H groups in total. The summed E-state index contributed by atoms with van der Waals surface area (Å²) in [6.07, 6.45) is 0. The van der Waals surface area contributed by atoms with Crippen molar-refractivity contribution in [3.05, 3.63) is 5.69 Å². The summed E-state index contributed by atoms with van der Waals surface area (Å²) in [5.41, 5.74) is 1.07. The van der Waals surface area contributed by atoms with Crippen LogP contribution in [0.3, 0.4) is 0 Å². The second kappa shape index (κ2) is 3.06. The predicted octanol–water partition coefficient (Wildman–Crippen LogP) is 3.16. The fourth-order valence-electron chi connectivity index (χ4n) is 1.51. The van der Waals surface area contributed by atoms with E-state index in [0.717, 1.165) is 17.3 Å². The molecule has 1 aliphatic rings. The molecule has 5 nitrogen and oxygen atoms in total. The van der Waals surface area contributed by atoms with Gasteiger partial charge in [0.25, 0.3) is 0 Å². The van der Waals surface area contributed by atoms with Gasteiger partial charge in [0.2, 0.25) is 11.6 Å². The fourth-order valence-corrected chi connectivity index (χ4v) is 1.51. The van der Waals surface area contributed by atoms with Crippen LogP contribution >= 0.6 is 0 Å². The van der Waals surface area contributed by atoms with Gasteiger partial charge in [0.15, 0.2) is 5.69 Å². The van der Waals surface area contributed by atoms with Crippen molar-refractivity contribution in [2.45, 2.75) is 52.8 Å². The van der Waals surface area contributed by atoms with Gasteiger partial charge in [-0.25, -0.2) is 0 Å². The summed E-state index contributed by atoms with van der Waals surface area (Å²) in [4.78, 5) is 0. The van der Waals surface area contributed by atoms with Crippen LogP contribution in [0.4, 0.5) is 5.69 Å². The van der Waals surface area contributed by atoms with E-state index in [9.17, 15) is 0 Å². The van der Waals surface area contributed by atoms with E-state index in [2.05, 4.69) is 15.3 Å². The molecular formula is C11H18N4O. The van der Waals surface area contributed by atoms with E-state index < -0.39 is 0 Å². The summed E-state index contributed by atoms with van der Waals surface area (Å²) >= 11 is 0. The second-order valence-corrected chi connectivity index (χ2v) is 5.57. The minimum atomic E-state index is -0.352. The highest BCUT2D eigenvalue weighted by atomic mass is 16.6. The van der Waals surface area contributed by atoms with Gasteiger partial charge < -0.3 is 4.74 Å². The maximum atomic E-state index is 5.64. The summed E-state index contributed by atoms with van der Waals surface area (Å²) in [5, 5.41) is 12.9. The van der Waals surface area contributed by atoms with Crippen molar-refractivity contribution in [1.29, 1.82) is 0 Å². The second-order valence-electron chi connectivity index (χ2n) is 5.57. The first-order chi connectivity index (χ1) is 7.21. The summed E-state index contributed by atoms with van der Waals surface area (Å²) < 4.78 is 7.48. The lowest BCUT2D eigenvalue weighted by Crippen LogP contribution is -2.43. The van der Waals surface area contributed by atoms with Gasteiger partial charge in [-0.05, 0) is 41.5 Å². The Morgan fingerprint density at radius 3 is 2.38 bits per heavy atom. The minimum absolute atomic E-state index is 0.180. The molecule has 0 fully saturated rings. The molecule has 2 heterocycles. The molecule has 0 atom stereocenters. The Labute approximate surface area is 95.5 Å². The Hall–Kier alpha value is -1.39. The van der Waals surface area contributed by atoms with Crippen molar-refractivity contribution < 1.29 is 4.74 Å². The molecule has 0 saturated carbocycles. The van der Waals surface area contributed by atoms with Crippen LogP contribution in [0.5, 0.6) is 5.88 Å². The van der Waals surface area contributed by atoms with Crippen LogP contribution in [0, 0.1) is 6.92 Å². The maximum absolute atomic E-state index is 5.64. The first kappa shape index (κ1) is 11.1. The Morgan fingerprint density at radius 1 is 1.31 bits per heavy atom. The van der Waals surface area contributed by atoms with Gasteiger partial charge in [0.1, 0.15) is 0 Å². The van der Waals surface area contributed by atoms with Gasteiger partial charge >= 0.3 is 0 Å². The number of ether oxygens (including phenoxy) is 1. The highest BCUT2D eigenvalue weighted by Gasteiger charge is 2.41. The molecule has 1 aromatic heterocycles. The van der Waals surface area contributed by atoms with Crippen molar-refractivity contribution in [1.82, 2.24) is 9.78 Å². The van der Waals surface area contributed by atoms with E-state index in [-0.39, 0.29) is 11.3 Å². The normalized spacial score (nSPS) is 18.1. The van der Waals surface area contributed by atoms with E-state index in [4.69, 9.17) is 4.74 Å². The summed E-state index contributed by atoms with van der Waals surface area (Å²) in [6.45, 7) is 11.9. The number of aromatic nitrogens is 2. The molecule has 0 saturated heterocycles. The Morgan fingerprint density at radius 2 is 1.94 bits per heavy atom. The van der Waals surface area contributed by atoms with Crippen molar-refractivity contribution in [2.75, 3.05) is 0 Å². The molecule has 0 radical (unpaired) electrons. The summed E-state index contributed by atoms with van der Waals surface area (Å²) in [6, 6.07) is 0. The van der Waals surface area contributed by atoms with Crippen LogP contribution in [0.1, 0.15) is 40.3 Å². The fraction of sp³-hybridized carbons (Fsp3) is 0.727. The number of aryl methyl sites for hydroxylation is 1. The molecule has 0 aromatic carbocycles. The van der Waals surface area contributed by atoms with E-state index in [0.29, 0.717) is 0 Å². The maximum Gasteiger partial charge on any atom is 0.246 e. The van der Waals surface area contributed by atoms with Gasteiger partial charge in [-0.3, -0.25) is 0 Å². The highest BCUT2D eigenvalue weighted by molar-refractivity contribution is 5.54. The largest absolute Gasteiger partial charge is 0.448 e. The van der Waals surface area contributed by atoms with Crippen molar-refractivity contribution in [3.63, 3.8) is 0 Å². The average Bonchev–Trinajstić information content (AvgIpc) is 2.36. The number of nitrogens with zero attached hydrogens (tertiary/aromatic N) is 4. The molecule has 0 unspecified atom stereocenters. The van der Waals surface area contributed by atoms with Crippen molar-refractivity contribution in [2.24, 2.45) is 10.2 Å². The summed E-state index contributed by atoms with van der Waals surface area (Å²) in [5.74, 6) is 0.718. The topological polar surface area (TPSA) is 51.8 Å². The van der Waals surface area contributed by atoms with E-state index >= 15 is 0 Å². The lowest BCUT2D eigenvalue weighted by Gasteiger charge is -2.36. The van der Waals surface area contributed by atoms with Gasteiger partial charge in [0.05, 0.1) is 11.2 Å². The van der Waals surface area contributed by atoms with Crippen LogP contribution in [-0.4, -0.2) is 15.3 Å². The molecular weight excluding hydrogens is 204 g/mol. The van der Waals surface area contributed by atoms with Crippen molar-refractivity contribution >= 4 is 5.69 Å². The Kier molecular flexibility index (Phi) is 2.12. The SMILES string of the molecule is Cc1nn2c(c1N=NC(C)(C)C)OC2(C)C. The number of azo groups is 1. The highest BCUT2D eigenvalue weighted by Crippen LogP contribution is 2.44. The van der Waals surface area contributed by atoms with Crippen LogP contribution in [0.25, 0.3) is 0 Å². The van der Waals surface area contributed by atoms with Crippen LogP contribution in [0.2, 0.25) is 0 Å². The first-order valence-corrected chi connectivity index (χ1v) is 5.43. The van der Waals surface area contributed by atoms with Gasteiger partial charge in [-0.15, -0.1) is 5.11 Å². The van der Waals surface area contributed by atoms with E-state index in [1.54, 1.807) is 0 Å². The molecule has 1 aliphatic heterocycles. The third-order valence-corrected chi connectivity index (χ3v) is 2.29. The van der Waals surface area contributed by atoms with Gasteiger partial charge in [0, 0.05) is 0 Å². The minimum Gasteiger partial charge on any atom is -0.448 e. The lowest BCUT2D eigenvalue weighted by atomic mass is 10.1. The lowest BCUT2D eigenvalue weighted by molar-refractivity contribution is -0.0697. The monoisotopic (exact) mass is 222 g/mol. The first-order valence-electron chi connectivity index (χ1n) is 5.43. The van der Waals surface area contributed by atoms with Gasteiger partial charge in [-0.2, -0.15) is 14.9 Å². The number of fused-ring (bicyclic) bond motifs is 1. The molecule has 5 heteroatoms. The number of hydrogen-bond acceptors (Lipinski definition) is 4. The molecule has 2 rings (SSSR count). The van der Waals surface area contributed by atoms with Crippen LogP contribution in [-0.2, 0) is 5.72 Å². The molecule has 0 bridgehead atoms. The van der Waals surface area contributed by atoms with E-state index in [1.807, 2.05) is 46.2 Å². The van der Waals surface area contributed by atoms with Gasteiger partial charge in [-0.1, -0.05) is 0 Å². The smallest absolute Gasteiger partial charge is 0.246 e. The Bertz CT molecular complexity index is 451. The molecule has 16 heavy (non-hydrogen) atoms. The number of rotatable bonds is 1. The molecule has 0 amide bonds. The molecule has 88 valence electrons. The number of hydrogen-bond donors (Lipinski definition) is 0. The Balaban J connectivity index is 2.35.